The van der Waals surface area contributed by atoms with Gasteiger partial charge in [0.05, 0.1) is 16.8 Å². The molecule has 5 heteroatoms. The highest BCUT2D eigenvalue weighted by Gasteiger charge is 2.15. The van der Waals surface area contributed by atoms with Crippen LogP contribution in [0.5, 0.6) is 0 Å². The van der Waals surface area contributed by atoms with E-state index in [1.165, 1.54) is 5.56 Å². The van der Waals surface area contributed by atoms with Crippen LogP contribution in [0.25, 0.3) is 22.4 Å². The third-order valence-corrected chi connectivity index (χ3v) is 3.47. The van der Waals surface area contributed by atoms with Crippen LogP contribution in [-0.2, 0) is 6.42 Å². The van der Waals surface area contributed by atoms with Crippen LogP contribution in [-0.4, -0.2) is 26.0 Å². The number of H-pyrrole nitrogens is 1. The molecule has 0 unspecified atom stereocenters. The number of pyridine rings is 1. The molecule has 0 saturated heterocycles. The van der Waals surface area contributed by atoms with Gasteiger partial charge in [0.2, 0.25) is 0 Å². The Morgan fingerprint density at radius 1 is 1.24 bits per heavy atom. The lowest BCUT2D eigenvalue weighted by Gasteiger charge is -2.04. The van der Waals surface area contributed by atoms with Crippen LogP contribution in [0.1, 0.15) is 28.7 Å². The predicted octanol–water partition coefficient (Wildman–Crippen LogP) is 3.19. The summed E-state index contributed by atoms with van der Waals surface area (Å²) in [6, 6.07) is 9.55. The number of hydrogen-bond acceptors (Lipinski definition) is 3. The molecule has 0 radical (unpaired) electrons. The van der Waals surface area contributed by atoms with Crippen LogP contribution < -0.4 is 0 Å². The van der Waals surface area contributed by atoms with Crippen LogP contribution in [0.2, 0.25) is 0 Å². The molecule has 3 aromatic rings. The molecule has 0 aliphatic carbocycles. The molecular weight excluding hydrogens is 266 g/mol. The zero-order chi connectivity index (χ0) is 15.0. The standard InChI is InChI=1S/C16H15N3O2/c1-3-10-4-6-11(7-5-10)13-8-12(16(20)21)14-15(19-13)18-9(2)17-14/h4-8H,3H2,1-2H3,(H,20,21)(H,17,18,19). The number of benzene rings is 1. The Bertz CT molecular complexity index is 819. The number of hydrogen-bond donors (Lipinski definition) is 2. The lowest BCUT2D eigenvalue weighted by molar-refractivity contribution is 0.0699. The molecule has 5 nitrogen and oxygen atoms in total. The minimum absolute atomic E-state index is 0.190. The number of nitrogens with one attached hydrogen (secondary N) is 1. The summed E-state index contributed by atoms with van der Waals surface area (Å²) >= 11 is 0. The minimum atomic E-state index is -0.988. The Morgan fingerprint density at radius 2 is 1.95 bits per heavy atom. The number of aromatic carboxylic acids is 1. The van der Waals surface area contributed by atoms with Gasteiger partial charge in [-0.25, -0.2) is 14.8 Å². The van der Waals surface area contributed by atoms with Crippen molar-refractivity contribution in [2.75, 3.05) is 0 Å². The first-order valence-corrected chi connectivity index (χ1v) is 6.78. The fourth-order valence-corrected chi connectivity index (χ4v) is 2.33. The van der Waals surface area contributed by atoms with E-state index in [2.05, 4.69) is 21.9 Å². The number of imidazole rings is 1. The first kappa shape index (κ1) is 13.3. The van der Waals surface area contributed by atoms with E-state index in [1.807, 2.05) is 24.3 Å². The Hall–Kier alpha value is -2.69. The Kier molecular flexibility index (Phi) is 3.17. The largest absolute Gasteiger partial charge is 0.478 e. The van der Waals surface area contributed by atoms with Gasteiger partial charge in [-0.2, -0.15) is 0 Å². The normalized spacial score (nSPS) is 11.0. The predicted molar refractivity (Wildman–Crippen MR) is 80.4 cm³/mol. The zero-order valence-electron chi connectivity index (χ0n) is 11.8. The summed E-state index contributed by atoms with van der Waals surface area (Å²) in [6.07, 6.45) is 0.964. The van der Waals surface area contributed by atoms with E-state index >= 15 is 0 Å². The van der Waals surface area contributed by atoms with Gasteiger partial charge in [0.25, 0.3) is 0 Å². The van der Waals surface area contributed by atoms with Crippen molar-refractivity contribution in [1.29, 1.82) is 0 Å². The molecule has 2 N–H and O–H groups in total. The number of fused-ring (bicyclic) bond motifs is 1. The SMILES string of the molecule is CCc1ccc(-c2cc(C(=O)O)c3[nH]c(C)nc3n2)cc1. The van der Waals surface area contributed by atoms with Crippen LogP contribution in [0.3, 0.4) is 0 Å². The maximum atomic E-state index is 11.4. The molecule has 0 aliphatic rings. The van der Waals surface area contributed by atoms with E-state index in [0.717, 1.165) is 12.0 Å². The Labute approximate surface area is 121 Å². The average Bonchev–Trinajstić information content (AvgIpc) is 2.86. The topological polar surface area (TPSA) is 78.9 Å². The molecule has 0 bridgehead atoms. The number of carbonyl (C=O) groups is 1. The van der Waals surface area contributed by atoms with Crippen molar-refractivity contribution < 1.29 is 9.90 Å². The van der Waals surface area contributed by atoms with Gasteiger partial charge in [0.15, 0.2) is 5.65 Å². The van der Waals surface area contributed by atoms with Crippen molar-refractivity contribution in [3.05, 3.63) is 47.3 Å². The molecule has 0 fully saturated rings. The maximum absolute atomic E-state index is 11.4. The fourth-order valence-electron chi connectivity index (χ4n) is 2.33. The van der Waals surface area contributed by atoms with Crippen LogP contribution in [0, 0.1) is 6.92 Å². The Morgan fingerprint density at radius 3 is 2.57 bits per heavy atom. The minimum Gasteiger partial charge on any atom is -0.478 e. The van der Waals surface area contributed by atoms with Crippen LogP contribution in [0.4, 0.5) is 0 Å². The van der Waals surface area contributed by atoms with Crippen molar-refractivity contribution in [2.45, 2.75) is 20.3 Å². The molecule has 2 aromatic heterocycles. The van der Waals surface area contributed by atoms with Gasteiger partial charge in [-0.1, -0.05) is 31.2 Å². The number of aromatic nitrogens is 3. The van der Waals surface area contributed by atoms with Crippen LogP contribution >= 0.6 is 0 Å². The van der Waals surface area contributed by atoms with Gasteiger partial charge >= 0.3 is 5.97 Å². The van der Waals surface area contributed by atoms with Crippen molar-refractivity contribution >= 4 is 17.1 Å². The number of carboxylic acids is 1. The first-order valence-electron chi connectivity index (χ1n) is 6.78. The summed E-state index contributed by atoms with van der Waals surface area (Å²) in [6.45, 7) is 3.87. The summed E-state index contributed by atoms with van der Waals surface area (Å²) < 4.78 is 0. The van der Waals surface area contributed by atoms with Crippen molar-refractivity contribution in [2.24, 2.45) is 0 Å². The number of nitrogens with zero attached hydrogens (tertiary/aromatic N) is 2. The van der Waals surface area contributed by atoms with Gasteiger partial charge in [-0.05, 0) is 25.0 Å². The zero-order valence-corrected chi connectivity index (χ0v) is 11.8. The van der Waals surface area contributed by atoms with Gasteiger partial charge in [0, 0.05) is 5.56 Å². The van der Waals surface area contributed by atoms with Crippen molar-refractivity contribution in [3.63, 3.8) is 0 Å². The highest BCUT2D eigenvalue weighted by atomic mass is 16.4. The second-order valence-electron chi connectivity index (χ2n) is 4.93. The summed E-state index contributed by atoms with van der Waals surface area (Å²) in [5, 5.41) is 9.37. The van der Waals surface area contributed by atoms with E-state index in [1.54, 1.807) is 13.0 Å². The summed E-state index contributed by atoms with van der Waals surface area (Å²) in [5.41, 5.74) is 3.83. The molecule has 21 heavy (non-hydrogen) atoms. The molecule has 106 valence electrons. The van der Waals surface area contributed by atoms with Gasteiger partial charge in [-0.3, -0.25) is 0 Å². The van der Waals surface area contributed by atoms with Gasteiger partial charge in [-0.15, -0.1) is 0 Å². The molecule has 0 atom stereocenters. The molecule has 1 aromatic carbocycles. The molecule has 0 spiro atoms. The maximum Gasteiger partial charge on any atom is 0.338 e. The second-order valence-corrected chi connectivity index (χ2v) is 4.93. The summed E-state index contributed by atoms with van der Waals surface area (Å²) in [7, 11) is 0. The number of aryl methyl sites for hydroxylation is 2. The van der Waals surface area contributed by atoms with Gasteiger partial charge < -0.3 is 10.1 Å². The Balaban J connectivity index is 2.19. The highest BCUT2D eigenvalue weighted by molar-refractivity contribution is 6.01. The lowest BCUT2D eigenvalue weighted by Crippen LogP contribution is -2.00. The number of aromatic amines is 1. The van der Waals surface area contributed by atoms with E-state index in [-0.39, 0.29) is 5.56 Å². The second kappa shape index (κ2) is 5.01. The third-order valence-electron chi connectivity index (χ3n) is 3.47. The third kappa shape index (κ3) is 2.38. The quantitative estimate of drug-likeness (QED) is 0.772. The van der Waals surface area contributed by atoms with Crippen molar-refractivity contribution in [3.8, 4) is 11.3 Å². The lowest BCUT2D eigenvalue weighted by atomic mass is 10.1. The molecule has 2 heterocycles. The molecule has 3 rings (SSSR count). The van der Waals surface area contributed by atoms with E-state index < -0.39 is 5.97 Å². The monoisotopic (exact) mass is 281 g/mol. The molecule has 0 saturated carbocycles. The molecular formula is C16H15N3O2. The first-order chi connectivity index (χ1) is 10.1. The summed E-state index contributed by atoms with van der Waals surface area (Å²) in [5.74, 6) is -0.337. The van der Waals surface area contributed by atoms with Crippen LogP contribution in [0.15, 0.2) is 30.3 Å². The van der Waals surface area contributed by atoms with E-state index in [0.29, 0.717) is 22.7 Å². The number of carboxylic acid groups (broad SMARTS) is 1. The van der Waals surface area contributed by atoms with E-state index in [4.69, 9.17) is 0 Å². The molecule has 0 aliphatic heterocycles. The van der Waals surface area contributed by atoms with Gasteiger partial charge in [0.1, 0.15) is 5.82 Å². The highest BCUT2D eigenvalue weighted by Crippen LogP contribution is 2.24. The fraction of sp³-hybridized carbons (Fsp3) is 0.188. The number of rotatable bonds is 3. The van der Waals surface area contributed by atoms with Crippen molar-refractivity contribution in [1.82, 2.24) is 15.0 Å². The molecule has 0 amide bonds. The van der Waals surface area contributed by atoms with E-state index in [9.17, 15) is 9.90 Å². The smallest absolute Gasteiger partial charge is 0.338 e. The summed E-state index contributed by atoms with van der Waals surface area (Å²) in [4.78, 5) is 23.1. The average molecular weight is 281 g/mol.